The van der Waals surface area contributed by atoms with Crippen LogP contribution in [0.5, 0.6) is 0 Å². The van der Waals surface area contributed by atoms with Crippen LogP contribution < -0.4 is 0 Å². The fourth-order valence-electron chi connectivity index (χ4n) is 4.64. The highest BCUT2D eigenvalue weighted by atomic mass is 35.5. The molecular weight excluding hydrogens is 505 g/mol. The van der Waals surface area contributed by atoms with Gasteiger partial charge in [0.1, 0.15) is 0 Å². The van der Waals surface area contributed by atoms with E-state index in [2.05, 4.69) is 29.2 Å². The molecule has 0 bridgehead atoms. The molecule has 0 unspecified atom stereocenters. The van der Waals surface area contributed by atoms with Crippen molar-refractivity contribution >= 4 is 45.2 Å². The van der Waals surface area contributed by atoms with Gasteiger partial charge in [0.15, 0.2) is 0 Å². The van der Waals surface area contributed by atoms with Crippen LogP contribution in [0, 0.1) is 5.92 Å². The zero-order valence-corrected chi connectivity index (χ0v) is 22.0. The van der Waals surface area contributed by atoms with Gasteiger partial charge in [-0.15, -0.1) is 0 Å². The first-order valence-corrected chi connectivity index (χ1v) is 14.3. The Kier molecular flexibility index (Phi) is 8.89. The second kappa shape index (κ2) is 11.9. The fraction of sp³-hybridized carbons (Fsp3) is 0.423. The van der Waals surface area contributed by atoms with Crippen molar-refractivity contribution in [3.8, 4) is 0 Å². The van der Waals surface area contributed by atoms with Crippen LogP contribution in [0.2, 0.25) is 10.0 Å². The molecule has 9 heteroatoms. The Hall–Kier alpha value is -1.90. The number of carbonyl (C=O) groups excluding carboxylic acids is 1. The van der Waals surface area contributed by atoms with Gasteiger partial charge in [-0.25, -0.2) is 12.7 Å². The molecule has 4 rings (SSSR count). The van der Waals surface area contributed by atoms with Crippen LogP contribution in [0.1, 0.15) is 24.0 Å². The maximum Gasteiger partial charge on any atom is 0.227 e. The quantitative estimate of drug-likeness (QED) is 0.527. The highest BCUT2D eigenvalue weighted by molar-refractivity contribution is 7.88. The summed E-state index contributed by atoms with van der Waals surface area (Å²) in [6.45, 7) is 4.50. The average molecular weight is 537 g/mol. The van der Waals surface area contributed by atoms with Crippen molar-refractivity contribution in [3.63, 3.8) is 0 Å². The summed E-state index contributed by atoms with van der Waals surface area (Å²) in [7, 11) is -3.56. The van der Waals surface area contributed by atoms with Crippen molar-refractivity contribution in [3.05, 3.63) is 75.8 Å². The normalized spacial score (nSPS) is 20.4. The standard InChI is InChI=1S/C26H31Cl2N3O3S/c27-24-11-10-22(18-25(24)28)20-35(33,34)31-13-5-9-23(19-31)26(32)30-16-14-29(15-17-30)12-4-8-21-6-2-1-3-7-21/h1-4,6-8,10-11,18,23H,5,9,12-17,19-20H2/b8-4+/t23-/m1/s1. The third-order valence-corrected chi connectivity index (χ3v) is 9.17. The maximum absolute atomic E-state index is 13.2. The minimum atomic E-state index is -3.56. The van der Waals surface area contributed by atoms with E-state index in [9.17, 15) is 13.2 Å². The summed E-state index contributed by atoms with van der Waals surface area (Å²) in [5, 5.41) is 0.726. The zero-order chi connectivity index (χ0) is 24.8. The molecule has 188 valence electrons. The molecule has 0 saturated carbocycles. The van der Waals surface area contributed by atoms with Gasteiger partial charge >= 0.3 is 0 Å². The third-order valence-electron chi connectivity index (χ3n) is 6.62. The van der Waals surface area contributed by atoms with Crippen molar-refractivity contribution in [1.29, 1.82) is 0 Å². The number of hydrogen-bond donors (Lipinski definition) is 0. The van der Waals surface area contributed by atoms with Crippen molar-refractivity contribution in [2.75, 3.05) is 45.8 Å². The zero-order valence-electron chi connectivity index (χ0n) is 19.7. The fourth-order valence-corrected chi connectivity index (χ4v) is 6.56. The monoisotopic (exact) mass is 535 g/mol. The lowest BCUT2D eigenvalue weighted by molar-refractivity contribution is -0.138. The Labute approximate surface area is 218 Å². The second-order valence-corrected chi connectivity index (χ2v) is 11.9. The summed E-state index contributed by atoms with van der Waals surface area (Å²) < 4.78 is 27.6. The number of hydrogen-bond acceptors (Lipinski definition) is 4. The smallest absolute Gasteiger partial charge is 0.227 e. The maximum atomic E-state index is 13.2. The first-order chi connectivity index (χ1) is 16.8. The van der Waals surface area contributed by atoms with Crippen LogP contribution >= 0.6 is 23.2 Å². The Balaban J connectivity index is 1.28. The Morgan fingerprint density at radius 1 is 0.971 bits per heavy atom. The SMILES string of the molecule is O=C([C@@H]1CCCN(S(=O)(=O)Cc2ccc(Cl)c(Cl)c2)C1)N1CCN(C/C=C/c2ccccc2)CC1. The lowest BCUT2D eigenvalue weighted by Crippen LogP contribution is -2.53. The van der Waals surface area contributed by atoms with Crippen LogP contribution in [-0.2, 0) is 20.6 Å². The summed E-state index contributed by atoms with van der Waals surface area (Å²) in [5.74, 6) is -0.379. The van der Waals surface area contributed by atoms with E-state index in [1.54, 1.807) is 18.2 Å². The number of nitrogens with zero attached hydrogens (tertiary/aromatic N) is 3. The number of piperazine rings is 1. The number of carbonyl (C=O) groups is 1. The predicted octanol–water partition coefficient (Wildman–Crippen LogP) is 4.39. The van der Waals surface area contributed by atoms with Gasteiger partial charge in [0.2, 0.25) is 15.9 Å². The first kappa shape index (κ1) is 26.2. The van der Waals surface area contributed by atoms with Gasteiger partial charge in [0, 0.05) is 45.8 Å². The van der Waals surface area contributed by atoms with Gasteiger partial charge < -0.3 is 4.90 Å². The second-order valence-electron chi connectivity index (χ2n) is 9.14. The van der Waals surface area contributed by atoms with Crippen LogP contribution in [0.4, 0.5) is 0 Å². The molecule has 0 N–H and O–H groups in total. The topological polar surface area (TPSA) is 60.9 Å². The van der Waals surface area contributed by atoms with E-state index in [0.717, 1.165) is 26.1 Å². The number of sulfonamides is 1. The van der Waals surface area contributed by atoms with Gasteiger partial charge in [-0.3, -0.25) is 9.69 Å². The number of benzene rings is 2. The molecule has 2 saturated heterocycles. The van der Waals surface area contributed by atoms with E-state index < -0.39 is 10.0 Å². The van der Waals surface area contributed by atoms with E-state index >= 15 is 0 Å². The average Bonchev–Trinajstić information content (AvgIpc) is 2.87. The lowest BCUT2D eigenvalue weighted by atomic mass is 9.98. The summed E-state index contributed by atoms with van der Waals surface area (Å²) in [5.41, 5.74) is 1.77. The molecule has 0 spiro atoms. The Morgan fingerprint density at radius 3 is 2.43 bits per heavy atom. The molecule has 2 aliphatic heterocycles. The highest BCUT2D eigenvalue weighted by Crippen LogP contribution is 2.26. The molecule has 6 nitrogen and oxygen atoms in total. The van der Waals surface area contributed by atoms with Crippen LogP contribution in [0.15, 0.2) is 54.6 Å². The molecule has 0 aliphatic carbocycles. The van der Waals surface area contributed by atoms with Gasteiger partial charge in [-0.2, -0.15) is 0 Å². The molecule has 1 atom stereocenters. The molecule has 0 radical (unpaired) electrons. The number of amides is 1. The predicted molar refractivity (Wildman–Crippen MR) is 142 cm³/mol. The van der Waals surface area contributed by atoms with Crippen molar-refractivity contribution in [2.24, 2.45) is 5.92 Å². The van der Waals surface area contributed by atoms with Crippen molar-refractivity contribution < 1.29 is 13.2 Å². The Morgan fingerprint density at radius 2 is 1.71 bits per heavy atom. The van der Waals surface area contributed by atoms with E-state index in [1.807, 2.05) is 23.1 Å². The van der Waals surface area contributed by atoms with Crippen molar-refractivity contribution in [1.82, 2.24) is 14.1 Å². The molecule has 0 aromatic heterocycles. The summed E-state index contributed by atoms with van der Waals surface area (Å²) in [6.07, 6.45) is 5.68. The van der Waals surface area contributed by atoms with Gasteiger partial charge in [0.05, 0.1) is 21.7 Å². The molecular formula is C26H31Cl2N3O3S. The Bertz CT molecular complexity index is 1150. The highest BCUT2D eigenvalue weighted by Gasteiger charge is 2.35. The van der Waals surface area contributed by atoms with Gasteiger partial charge in [-0.1, -0.05) is 71.8 Å². The molecule has 2 aromatic carbocycles. The number of piperidine rings is 1. The molecule has 35 heavy (non-hydrogen) atoms. The molecule has 2 aromatic rings. The van der Waals surface area contributed by atoms with Gasteiger partial charge in [-0.05, 0) is 36.1 Å². The summed E-state index contributed by atoms with van der Waals surface area (Å²) >= 11 is 12.0. The van der Waals surface area contributed by atoms with Gasteiger partial charge in [0.25, 0.3) is 0 Å². The number of halogens is 2. The minimum absolute atomic E-state index is 0.0684. The first-order valence-electron chi connectivity index (χ1n) is 12.0. The molecule has 2 aliphatic rings. The lowest BCUT2D eigenvalue weighted by Gasteiger charge is -2.38. The van der Waals surface area contributed by atoms with Crippen molar-refractivity contribution in [2.45, 2.75) is 18.6 Å². The molecule has 1 amide bonds. The third kappa shape index (κ3) is 7.08. The van der Waals surface area contributed by atoms with E-state index in [4.69, 9.17) is 23.2 Å². The summed E-state index contributed by atoms with van der Waals surface area (Å²) in [4.78, 5) is 17.4. The largest absolute Gasteiger partial charge is 0.340 e. The van der Waals surface area contributed by atoms with E-state index in [0.29, 0.717) is 41.7 Å². The van der Waals surface area contributed by atoms with Crippen LogP contribution in [0.3, 0.4) is 0 Å². The molecule has 2 heterocycles. The number of rotatable bonds is 7. The minimum Gasteiger partial charge on any atom is -0.340 e. The van der Waals surface area contributed by atoms with E-state index in [-0.39, 0.29) is 24.1 Å². The van der Waals surface area contributed by atoms with Crippen LogP contribution in [0.25, 0.3) is 6.08 Å². The van der Waals surface area contributed by atoms with Crippen LogP contribution in [-0.4, -0.2) is 74.2 Å². The van der Waals surface area contributed by atoms with E-state index in [1.165, 1.54) is 9.87 Å². The summed E-state index contributed by atoms with van der Waals surface area (Å²) in [6, 6.07) is 15.1. The molecule has 2 fully saturated rings.